The largest absolute Gasteiger partial charge is 0.301 e. The van der Waals surface area contributed by atoms with E-state index in [0.29, 0.717) is 5.33 Å². The molecule has 0 bridgehead atoms. The summed E-state index contributed by atoms with van der Waals surface area (Å²) in [6, 6.07) is 1.82. The van der Waals surface area contributed by atoms with Crippen molar-refractivity contribution in [3.8, 4) is 0 Å². The Morgan fingerprint density at radius 2 is 1.71 bits per heavy atom. The lowest BCUT2D eigenvalue weighted by molar-refractivity contribution is -0.114. The molecule has 0 aliphatic carbocycles. The second-order valence-corrected chi connectivity index (χ2v) is 5.87. The van der Waals surface area contributed by atoms with Crippen molar-refractivity contribution in [2.75, 3.05) is 16.8 Å². The van der Waals surface area contributed by atoms with E-state index in [9.17, 15) is 18.4 Å². The molecule has 1 aromatic carbocycles. The molecule has 0 aromatic heterocycles. The first-order valence-electron chi connectivity index (χ1n) is 6.81. The predicted octanol–water partition coefficient (Wildman–Crippen LogP) is 3.70. The third-order valence-corrected chi connectivity index (χ3v) is 5.48. The number of amides is 1. The van der Waals surface area contributed by atoms with Crippen molar-refractivity contribution < 1.29 is 18.4 Å². The maximum atomic E-state index is 14.0. The van der Waals surface area contributed by atoms with Crippen molar-refractivity contribution in [3.63, 3.8) is 0 Å². The van der Waals surface area contributed by atoms with Gasteiger partial charge in [-0.3, -0.25) is 9.59 Å². The van der Waals surface area contributed by atoms with Crippen LogP contribution in [0, 0.1) is 17.0 Å². The van der Waals surface area contributed by atoms with E-state index in [4.69, 9.17) is 0 Å². The van der Waals surface area contributed by atoms with Crippen LogP contribution in [-0.2, 0) is 4.79 Å². The van der Waals surface area contributed by atoms with Gasteiger partial charge in [0.1, 0.15) is 11.6 Å². The Hall–Kier alpha value is -1.30. The highest BCUT2D eigenvalue weighted by Gasteiger charge is 2.43. The molecule has 6 heteroatoms. The number of carbonyl (C=O) groups is 2. The fourth-order valence-corrected chi connectivity index (χ4v) is 3.51. The fraction of sp³-hybridized carbons (Fsp3) is 0.467. The Kier molecular flexibility index (Phi) is 4.46. The summed E-state index contributed by atoms with van der Waals surface area (Å²) in [6.07, 6.45) is 1.50. The first kappa shape index (κ1) is 16.1. The van der Waals surface area contributed by atoms with Gasteiger partial charge in [0, 0.05) is 11.9 Å². The van der Waals surface area contributed by atoms with Crippen LogP contribution in [0.1, 0.15) is 37.0 Å². The quantitative estimate of drug-likeness (QED) is 0.593. The number of carbonyl (C=O) groups excluding carboxylic acids is 2. The van der Waals surface area contributed by atoms with E-state index in [2.05, 4.69) is 15.9 Å². The molecule has 0 spiro atoms. The molecule has 0 saturated heterocycles. The molecule has 1 aliphatic rings. The molecule has 0 atom stereocenters. The van der Waals surface area contributed by atoms with E-state index >= 15 is 0 Å². The minimum absolute atomic E-state index is 0.184. The van der Waals surface area contributed by atoms with Gasteiger partial charge in [-0.15, -0.1) is 0 Å². The zero-order chi connectivity index (χ0) is 15.8. The summed E-state index contributed by atoms with van der Waals surface area (Å²) < 4.78 is 27.8. The second-order valence-electron chi connectivity index (χ2n) is 5.31. The summed E-state index contributed by atoms with van der Waals surface area (Å²) in [5, 5.41) is 0.608. The first-order chi connectivity index (χ1) is 9.90. The van der Waals surface area contributed by atoms with Gasteiger partial charge in [0.15, 0.2) is 0 Å². The van der Waals surface area contributed by atoms with Crippen molar-refractivity contribution >= 4 is 33.3 Å². The highest BCUT2D eigenvalue weighted by atomic mass is 79.9. The Morgan fingerprint density at radius 3 is 2.24 bits per heavy atom. The molecule has 2 rings (SSSR count). The maximum absolute atomic E-state index is 14.0. The van der Waals surface area contributed by atoms with Crippen LogP contribution in [-0.4, -0.2) is 23.6 Å². The Balaban J connectivity index is 2.51. The summed E-state index contributed by atoms with van der Waals surface area (Å²) in [4.78, 5) is 25.1. The zero-order valence-electron chi connectivity index (χ0n) is 11.9. The number of fused-ring (bicyclic) bond motifs is 1. The van der Waals surface area contributed by atoms with Crippen molar-refractivity contribution in [2.24, 2.45) is 5.41 Å². The lowest BCUT2D eigenvalue weighted by atomic mass is 9.84. The van der Waals surface area contributed by atoms with Gasteiger partial charge in [-0.05, 0) is 30.4 Å². The molecule has 21 heavy (non-hydrogen) atoms. The normalized spacial score (nSPS) is 14.8. The smallest absolute Gasteiger partial charge is 0.299 e. The van der Waals surface area contributed by atoms with Gasteiger partial charge < -0.3 is 4.90 Å². The number of nitrogens with zero attached hydrogens (tertiary/aromatic N) is 1. The van der Waals surface area contributed by atoms with E-state index in [-0.39, 0.29) is 17.6 Å². The second kappa shape index (κ2) is 5.83. The van der Waals surface area contributed by atoms with Crippen molar-refractivity contribution in [3.05, 3.63) is 29.3 Å². The van der Waals surface area contributed by atoms with Crippen LogP contribution < -0.4 is 4.90 Å². The van der Waals surface area contributed by atoms with Crippen molar-refractivity contribution in [1.29, 1.82) is 0 Å². The maximum Gasteiger partial charge on any atom is 0.299 e. The minimum atomic E-state index is -0.974. The standard InChI is InChI=1S/C15H16BrF2NO2/c1-3-15(4-2,7-16)8-19-12-10(18)6-5-9(17)11(12)13(20)14(19)21/h5-6H,3-4,7-8H2,1-2H3. The molecule has 1 amide bonds. The van der Waals surface area contributed by atoms with Gasteiger partial charge in [-0.1, -0.05) is 29.8 Å². The molecular formula is C15H16BrF2NO2. The molecule has 0 N–H and O–H groups in total. The van der Waals surface area contributed by atoms with Gasteiger partial charge in [-0.2, -0.15) is 0 Å². The van der Waals surface area contributed by atoms with E-state index in [1.807, 2.05) is 13.8 Å². The molecule has 114 valence electrons. The number of rotatable bonds is 5. The van der Waals surface area contributed by atoms with E-state index < -0.39 is 28.9 Å². The van der Waals surface area contributed by atoms with Crippen LogP contribution in [0.5, 0.6) is 0 Å². The third-order valence-electron chi connectivity index (χ3n) is 4.29. The zero-order valence-corrected chi connectivity index (χ0v) is 13.5. The summed E-state index contributed by atoms with van der Waals surface area (Å²) in [6.45, 7) is 4.12. The molecule has 0 saturated carbocycles. The lowest BCUT2D eigenvalue weighted by Crippen LogP contribution is -2.41. The Morgan fingerprint density at radius 1 is 1.14 bits per heavy atom. The van der Waals surface area contributed by atoms with E-state index in [1.165, 1.54) is 0 Å². The predicted molar refractivity (Wildman–Crippen MR) is 79.9 cm³/mol. The molecule has 3 nitrogen and oxygen atoms in total. The van der Waals surface area contributed by atoms with Gasteiger partial charge in [0.05, 0.1) is 11.3 Å². The summed E-state index contributed by atoms with van der Waals surface area (Å²) in [5.41, 5.74) is -0.955. The molecule has 1 heterocycles. The summed E-state index contributed by atoms with van der Waals surface area (Å²) >= 11 is 3.42. The first-order valence-corrected chi connectivity index (χ1v) is 7.93. The average Bonchev–Trinajstić information content (AvgIpc) is 2.74. The number of hydrogen-bond donors (Lipinski definition) is 0. The number of ketones is 1. The number of hydrogen-bond acceptors (Lipinski definition) is 2. The third kappa shape index (κ3) is 2.50. The number of halogens is 3. The van der Waals surface area contributed by atoms with Gasteiger partial charge >= 0.3 is 0 Å². The number of alkyl halides is 1. The van der Waals surface area contributed by atoms with Crippen LogP contribution in [0.2, 0.25) is 0 Å². The average molecular weight is 360 g/mol. The number of anilines is 1. The van der Waals surface area contributed by atoms with Crippen LogP contribution >= 0.6 is 15.9 Å². The summed E-state index contributed by atoms with van der Waals surface area (Å²) in [5.74, 6) is -3.44. The van der Waals surface area contributed by atoms with E-state index in [0.717, 1.165) is 29.9 Å². The molecule has 0 fully saturated rings. The fourth-order valence-electron chi connectivity index (χ4n) is 2.54. The monoisotopic (exact) mass is 359 g/mol. The van der Waals surface area contributed by atoms with Crippen molar-refractivity contribution in [1.82, 2.24) is 0 Å². The van der Waals surface area contributed by atoms with Crippen LogP contribution in [0.15, 0.2) is 12.1 Å². The Bertz CT molecular complexity index is 591. The SMILES string of the molecule is CCC(CC)(CBr)CN1C(=O)C(=O)c2c(F)ccc(F)c21. The van der Waals surface area contributed by atoms with Gasteiger partial charge in [0.25, 0.3) is 11.7 Å². The molecule has 1 aliphatic heterocycles. The molecule has 0 unspecified atom stereocenters. The van der Waals surface area contributed by atoms with Crippen LogP contribution in [0.25, 0.3) is 0 Å². The highest BCUT2D eigenvalue weighted by molar-refractivity contribution is 9.09. The molecular weight excluding hydrogens is 344 g/mol. The van der Waals surface area contributed by atoms with Gasteiger partial charge in [-0.25, -0.2) is 8.78 Å². The van der Waals surface area contributed by atoms with E-state index in [1.54, 1.807) is 0 Å². The minimum Gasteiger partial charge on any atom is -0.301 e. The topological polar surface area (TPSA) is 37.4 Å². The lowest BCUT2D eigenvalue weighted by Gasteiger charge is -2.34. The van der Waals surface area contributed by atoms with Crippen LogP contribution in [0.4, 0.5) is 14.5 Å². The summed E-state index contributed by atoms with van der Waals surface area (Å²) in [7, 11) is 0. The highest BCUT2D eigenvalue weighted by Crippen LogP contribution is 2.38. The van der Waals surface area contributed by atoms with Gasteiger partial charge in [0.2, 0.25) is 0 Å². The van der Waals surface area contributed by atoms with Crippen LogP contribution in [0.3, 0.4) is 0 Å². The Labute approximate surface area is 130 Å². The van der Waals surface area contributed by atoms with Crippen molar-refractivity contribution in [2.45, 2.75) is 26.7 Å². The molecule has 1 aromatic rings. The molecule has 0 radical (unpaired) electrons. The number of benzene rings is 1. The number of Topliss-reactive ketones (excluding diaryl/α,β-unsaturated/α-hetero) is 1.